The highest BCUT2D eigenvalue weighted by atomic mass is 16.6. The van der Waals surface area contributed by atoms with Crippen LogP contribution in [0.15, 0.2) is 57.7 Å². The van der Waals surface area contributed by atoms with Crippen molar-refractivity contribution in [1.82, 2.24) is 25.4 Å². The Bertz CT molecular complexity index is 948. The predicted molar refractivity (Wildman–Crippen MR) is 86.7 cm³/mol. The Labute approximate surface area is 137 Å². The number of fused-ring (bicyclic) bond motifs is 1. The lowest BCUT2D eigenvalue weighted by molar-refractivity contribution is 0.261. The summed E-state index contributed by atoms with van der Waals surface area (Å²) in [7, 11) is 2.00. The molecule has 0 saturated heterocycles. The second-order valence-corrected chi connectivity index (χ2v) is 5.64. The van der Waals surface area contributed by atoms with Gasteiger partial charge in [0.2, 0.25) is 11.7 Å². The Morgan fingerprint density at radius 3 is 2.62 bits per heavy atom. The zero-order chi connectivity index (χ0) is 16.4. The van der Waals surface area contributed by atoms with Crippen molar-refractivity contribution in [3.63, 3.8) is 0 Å². The minimum absolute atomic E-state index is 0.564. The molecule has 0 spiro atoms. The fourth-order valence-corrected chi connectivity index (χ4v) is 2.55. The third-order valence-corrected chi connectivity index (χ3v) is 3.68. The van der Waals surface area contributed by atoms with Crippen LogP contribution >= 0.6 is 0 Å². The van der Waals surface area contributed by atoms with Gasteiger partial charge in [-0.05, 0) is 35.1 Å². The summed E-state index contributed by atoms with van der Waals surface area (Å²) in [5.74, 6) is 1.19. The molecule has 7 heteroatoms. The first-order chi connectivity index (χ1) is 11.8. The van der Waals surface area contributed by atoms with Crippen molar-refractivity contribution < 1.29 is 9.15 Å². The molecule has 2 aromatic heterocycles. The zero-order valence-corrected chi connectivity index (χ0v) is 13.1. The van der Waals surface area contributed by atoms with Crippen molar-refractivity contribution in [2.24, 2.45) is 0 Å². The van der Waals surface area contributed by atoms with Gasteiger partial charge in [-0.3, -0.25) is 4.90 Å². The van der Waals surface area contributed by atoms with Crippen molar-refractivity contribution >= 4 is 11.0 Å². The maximum atomic E-state index is 5.35. The Kier molecular flexibility index (Phi) is 3.76. The molecule has 0 atom stereocenters. The molecule has 24 heavy (non-hydrogen) atoms. The minimum atomic E-state index is 0.564. The molecule has 0 unspecified atom stereocenters. The van der Waals surface area contributed by atoms with Crippen LogP contribution in [0.1, 0.15) is 11.5 Å². The fraction of sp³-hybridized carbons (Fsp3) is 0.176. The van der Waals surface area contributed by atoms with Crippen molar-refractivity contribution in [3.8, 4) is 11.4 Å². The minimum Gasteiger partial charge on any atom is -0.338 e. The highest BCUT2D eigenvalue weighted by Crippen LogP contribution is 2.17. The highest BCUT2D eigenvalue weighted by Gasteiger charge is 2.11. The molecule has 0 aliphatic carbocycles. The van der Waals surface area contributed by atoms with E-state index in [4.69, 9.17) is 9.15 Å². The van der Waals surface area contributed by atoms with Crippen molar-refractivity contribution in [3.05, 3.63) is 60.0 Å². The summed E-state index contributed by atoms with van der Waals surface area (Å²) >= 11 is 0. The van der Waals surface area contributed by atoms with Gasteiger partial charge in [0.05, 0.1) is 6.54 Å². The maximum Gasteiger partial charge on any atom is 0.241 e. The van der Waals surface area contributed by atoms with E-state index in [0.717, 1.165) is 28.7 Å². The monoisotopic (exact) mass is 321 g/mol. The molecule has 2 heterocycles. The number of nitrogens with zero attached hydrogens (tertiary/aromatic N) is 5. The molecule has 0 N–H and O–H groups in total. The van der Waals surface area contributed by atoms with E-state index in [0.29, 0.717) is 18.3 Å². The van der Waals surface area contributed by atoms with Gasteiger partial charge in [-0.15, -0.1) is 0 Å². The fourth-order valence-electron chi connectivity index (χ4n) is 2.55. The normalized spacial score (nSPS) is 11.4. The molecule has 2 aromatic carbocycles. The van der Waals surface area contributed by atoms with Gasteiger partial charge < -0.3 is 4.52 Å². The Hall–Kier alpha value is -3.06. The standard InChI is InChI=1S/C17H15N5O2/c1-22(10-12-7-8-14-15(9-12)20-24-19-14)11-16-18-17(21-23-16)13-5-3-2-4-6-13/h2-9H,10-11H2,1H3. The van der Waals surface area contributed by atoms with E-state index in [-0.39, 0.29) is 0 Å². The lowest BCUT2D eigenvalue weighted by atomic mass is 10.2. The molecular weight excluding hydrogens is 306 g/mol. The molecule has 0 bridgehead atoms. The quantitative estimate of drug-likeness (QED) is 0.559. The van der Waals surface area contributed by atoms with E-state index in [9.17, 15) is 0 Å². The molecule has 0 radical (unpaired) electrons. The second-order valence-electron chi connectivity index (χ2n) is 5.64. The Balaban J connectivity index is 1.44. The van der Waals surface area contributed by atoms with Crippen LogP contribution in [0.5, 0.6) is 0 Å². The van der Waals surface area contributed by atoms with Crippen LogP contribution in [0.2, 0.25) is 0 Å². The molecule has 4 aromatic rings. The van der Waals surface area contributed by atoms with Crippen LogP contribution in [-0.2, 0) is 13.1 Å². The maximum absolute atomic E-state index is 5.35. The smallest absolute Gasteiger partial charge is 0.241 e. The van der Waals surface area contributed by atoms with Gasteiger partial charge in [-0.2, -0.15) is 4.98 Å². The Morgan fingerprint density at radius 1 is 0.917 bits per heavy atom. The topological polar surface area (TPSA) is 81.1 Å². The predicted octanol–water partition coefficient (Wildman–Crippen LogP) is 2.90. The van der Waals surface area contributed by atoms with Crippen LogP contribution in [0, 0.1) is 0 Å². The average Bonchev–Trinajstić information content (AvgIpc) is 3.24. The molecule has 0 fully saturated rings. The van der Waals surface area contributed by atoms with Crippen LogP contribution in [0.3, 0.4) is 0 Å². The second kappa shape index (κ2) is 6.21. The van der Waals surface area contributed by atoms with Crippen molar-refractivity contribution in [2.75, 3.05) is 7.05 Å². The van der Waals surface area contributed by atoms with Gasteiger partial charge in [0.25, 0.3) is 0 Å². The lowest BCUT2D eigenvalue weighted by Crippen LogP contribution is -2.17. The summed E-state index contributed by atoms with van der Waals surface area (Å²) in [6.45, 7) is 1.29. The Morgan fingerprint density at radius 2 is 1.75 bits per heavy atom. The molecule has 7 nitrogen and oxygen atoms in total. The number of aromatic nitrogens is 4. The van der Waals surface area contributed by atoms with Crippen LogP contribution in [0.25, 0.3) is 22.4 Å². The summed E-state index contributed by atoms with van der Waals surface area (Å²) in [6.07, 6.45) is 0. The molecule has 0 aliphatic rings. The number of rotatable bonds is 5. The van der Waals surface area contributed by atoms with E-state index in [2.05, 4.69) is 25.4 Å². The first-order valence-electron chi connectivity index (χ1n) is 7.56. The summed E-state index contributed by atoms with van der Waals surface area (Å²) in [4.78, 5) is 6.54. The number of hydrogen-bond donors (Lipinski definition) is 0. The van der Waals surface area contributed by atoms with E-state index in [1.807, 2.05) is 55.6 Å². The first kappa shape index (κ1) is 14.5. The van der Waals surface area contributed by atoms with Gasteiger partial charge in [-0.25, -0.2) is 4.63 Å². The average molecular weight is 321 g/mol. The van der Waals surface area contributed by atoms with Crippen molar-refractivity contribution in [2.45, 2.75) is 13.1 Å². The largest absolute Gasteiger partial charge is 0.338 e. The van der Waals surface area contributed by atoms with Crippen LogP contribution in [0.4, 0.5) is 0 Å². The third-order valence-electron chi connectivity index (χ3n) is 3.68. The lowest BCUT2D eigenvalue weighted by Gasteiger charge is -2.13. The first-order valence-corrected chi connectivity index (χ1v) is 7.56. The van der Waals surface area contributed by atoms with E-state index in [1.165, 1.54) is 0 Å². The SMILES string of the molecule is CN(Cc1ccc2nonc2c1)Cc1nc(-c2ccccc2)no1. The highest BCUT2D eigenvalue weighted by molar-refractivity contribution is 5.73. The summed E-state index contributed by atoms with van der Waals surface area (Å²) < 4.78 is 10.1. The molecule has 120 valence electrons. The molecule has 0 saturated carbocycles. The zero-order valence-electron chi connectivity index (χ0n) is 13.1. The molecule has 0 aliphatic heterocycles. The summed E-state index contributed by atoms with van der Waals surface area (Å²) in [5.41, 5.74) is 3.57. The molecule has 0 amide bonds. The number of benzene rings is 2. The summed E-state index contributed by atoms with van der Waals surface area (Å²) in [6, 6.07) is 15.6. The van der Waals surface area contributed by atoms with Gasteiger partial charge in [0, 0.05) is 12.1 Å². The molecule has 4 rings (SSSR count). The van der Waals surface area contributed by atoms with Crippen LogP contribution in [-0.4, -0.2) is 32.4 Å². The van der Waals surface area contributed by atoms with Gasteiger partial charge in [0.1, 0.15) is 11.0 Å². The van der Waals surface area contributed by atoms with Gasteiger partial charge >= 0.3 is 0 Å². The van der Waals surface area contributed by atoms with E-state index >= 15 is 0 Å². The molecular formula is C17H15N5O2. The number of hydrogen-bond acceptors (Lipinski definition) is 7. The van der Waals surface area contributed by atoms with Crippen molar-refractivity contribution in [1.29, 1.82) is 0 Å². The van der Waals surface area contributed by atoms with Gasteiger partial charge in [0.15, 0.2) is 0 Å². The van der Waals surface area contributed by atoms with E-state index < -0.39 is 0 Å². The van der Waals surface area contributed by atoms with E-state index in [1.54, 1.807) is 0 Å². The van der Waals surface area contributed by atoms with Gasteiger partial charge in [-0.1, -0.05) is 41.6 Å². The summed E-state index contributed by atoms with van der Waals surface area (Å²) in [5, 5.41) is 11.7. The third kappa shape index (κ3) is 3.02. The van der Waals surface area contributed by atoms with Crippen LogP contribution < -0.4 is 0 Å².